The minimum atomic E-state index is -0.586. The molecule has 1 aliphatic rings. The lowest BCUT2D eigenvalue weighted by atomic mass is 9.94. The zero-order valence-electron chi connectivity index (χ0n) is 13.5. The molecule has 1 aliphatic heterocycles. The fourth-order valence-electron chi connectivity index (χ4n) is 2.74. The average molecular weight is 346 g/mol. The van der Waals surface area contributed by atoms with E-state index in [0.29, 0.717) is 18.1 Å². The van der Waals surface area contributed by atoms with Crippen LogP contribution in [0.4, 0.5) is 0 Å². The van der Waals surface area contributed by atoms with Gasteiger partial charge < -0.3 is 14.2 Å². The predicted molar refractivity (Wildman–Crippen MR) is 88.2 cm³/mol. The number of hydrogen-bond acceptors (Lipinski definition) is 6. The summed E-state index contributed by atoms with van der Waals surface area (Å²) in [6.07, 6.45) is 2.06. The van der Waals surface area contributed by atoms with Crippen LogP contribution in [0.2, 0.25) is 0 Å². The first-order valence-electron chi connectivity index (χ1n) is 7.51. The molecule has 1 amide bonds. The number of thioether (sulfide) groups is 1. The van der Waals surface area contributed by atoms with Gasteiger partial charge in [-0.15, -0.1) is 10.2 Å². The Hall–Kier alpha value is -2.35. The third-order valence-electron chi connectivity index (χ3n) is 4.04. The number of fused-ring (bicyclic) bond motifs is 1. The first-order chi connectivity index (χ1) is 11.6. The molecule has 0 radical (unpaired) electrons. The van der Waals surface area contributed by atoms with Crippen molar-refractivity contribution in [2.45, 2.75) is 24.2 Å². The number of rotatable bonds is 4. The Balaban J connectivity index is 1.77. The Kier molecular flexibility index (Phi) is 4.84. The van der Waals surface area contributed by atoms with Crippen LogP contribution >= 0.6 is 11.8 Å². The molecule has 2 heterocycles. The number of carbonyl (C=O) groups is 2. The van der Waals surface area contributed by atoms with E-state index < -0.39 is 6.04 Å². The van der Waals surface area contributed by atoms with Crippen molar-refractivity contribution in [1.29, 1.82) is 0 Å². The van der Waals surface area contributed by atoms with Crippen molar-refractivity contribution in [2.75, 3.05) is 12.9 Å². The summed E-state index contributed by atoms with van der Waals surface area (Å²) in [5.74, 6) is -0.309. The molecule has 126 valence electrons. The van der Waals surface area contributed by atoms with Gasteiger partial charge in [0, 0.05) is 20.0 Å². The summed E-state index contributed by atoms with van der Waals surface area (Å²) in [4.78, 5) is 26.4. The van der Waals surface area contributed by atoms with Crippen LogP contribution in [0.1, 0.15) is 11.1 Å². The van der Waals surface area contributed by atoms with Gasteiger partial charge in [0.05, 0.1) is 12.9 Å². The van der Waals surface area contributed by atoms with Gasteiger partial charge >= 0.3 is 5.97 Å². The second-order valence-corrected chi connectivity index (χ2v) is 6.49. The zero-order valence-corrected chi connectivity index (χ0v) is 14.3. The molecule has 0 spiro atoms. The van der Waals surface area contributed by atoms with Crippen molar-refractivity contribution in [2.24, 2.45) is 7.05 Å². The van der Waals surface area contributed by atoms with Gasteiger partial charge in [-0.3, -0.25) is 4.79 Å². The van der Waals surface area contributed by atoms with Gasteiger partial charge in [-0.05, 0) is 11.1 Å². The fourth-order valence-corrected chi connectivity index (χ4v) is 3.52. The van der Waals surface area contributed by atoms with E-state index in [-0.39, 0.29) is 17.6 Å². The van der Waals surface area contributed by atoms with Crippen LogP contribution in [0.5, 0.6) is 0 Å². The van der Waals surface area contributed by atoms with Crippen LogP contribution in [0.25, 0.3) is 0 Å². The molecular weight excluding hydrogens is 328 g/mol. The number of esters is 1. The third-order valence-corrected chi connectivity index (χ3v) is 5.06. The summed E-state index contributed by atoms with van der Waals surface area (Å²) in [5.41, 5.74) is 2.15. The minimum Gasteiger partial charge on any atom is -0.467 e. The molecule has 0 unspecified atom stereocenters. The van der Waals surface area contributed by atoms with Crippen molar-refractivity contribution in [3.05, 3.63) is 41.7 Å². The number of ether oxygens (including phenoxy) is 1. The van der Waals surface area contributed by atoms with E-state index >= 15 is 0 Å². The highest BCUT2D eigenvalue weighted by Gasteiger charge is 2.35. The van der Waals surface area contributed by atoms with Gasteiger partial charge in [-0.2, -0.15) is 0 Å². The van der Waals surface area contributed by atoms with Gasteiger partial charge in [-0.25, -0.2) is 4.79 Å². The van der Waals surface area contributed by atoms with E-state index in [1.165, 1.54) is 18.9 Å². The number of carbonyl (C=O) groups excluding carboxylic acids is 2. The Bertz CT molecular complexity index is 761. The van der Waals surface area contributed by atoms with Gasteiger partial charge in [0.1, 0.15) is 12.4 Å². The standard InChI is InChI=1S/C16H18N4O3S/c1-19-10-17-18-16(19)24-9-14(21)20-8-12-6-4-3-5-11(12)7-13(20)15(22)23-2/h3-6,10,13H,7-9H2,1-2H3/t13-/m0/s1. The molecule has 1 aromatic carbocycles. The number of aryl methyl sites for hydroxylation is 1. The largest absolute Gasteiger partial charge is 0.467 e. The quantitative estimate of drug-likeness (QED) is 0.608. The summed E-state index contributed by atoms with van der Waals surface area (Å²) < 4.78 is 6.64. The van der Waals surface area contributed by atoms with Gasteiger partial charge in [0.25, 0.3) is 0 Å². The Labute approximate surface area is 144 Å². The second-order valence-electron chi connectivity index (χ2n) is 5.55. The SMILES string of the molecule is COC(=O)[C@@H]1Cc2ccccc2CN1C(=O)CSc1nncn1C. The van der Waals surface area contributed by atoms with Crippen molar-refractivity contribution >= 4 is 23.6 Å². The number of amides is 1. The maximum absolute atomic E-state index is 12.7. The summed E-state index contributed by atoms with van der Waals surface area (Å²) in [6.45, 7) is 0.411. The van der Waals surface area contributed by atoms with E-state index in [9.17, 15) is 9.59 Å². The Morgan fingerprint density at radius 1 is 1.33 bits per heavy atom. The van der Waals surface area contributed by atoms with Crippen molar-refractivity contribution < 1.29 is 14.3 Å². The van der Waals surface area contributed by atoms with E-state index in [1.54, 1.807) is 15.8 Å². The summed E-state index contributed by atoms with van der Waals surface area (Å²) in [6, 6.07) is 7.26. The highest BCUT2D eigenvalue weighted by atomic mass is 32.2. The molecule has 0 saturated carbocycles. The Morgan fingerprint density at radius 2 is 2.08 bits per heavy atom. The highest BCUT2D eigenvalue weighted by Crippen LogP contribution is 2.25. The van der Waals surface area contributed by atoms with E-state index in [0.717, 1.165) is 11.1 Å². The molecule has 8 heteroatoms. The molecule has 1 aromatic heterocycles. The third kappa shape index (κ3) is 3.28. The average Bonchev–Trinajstić information content (AvgIpc) is 3.02. The number of methoxy groups -OCH3 is 1. The molecule has 24 heavy (non-hydrogen) atoms. The molecule has 0 N–H and O–H groups in total. The number of nitrogens with zero attached hydrogens (tertiary/aromatic N) is 4. The van der Waals surface area contributed by atoms with E-state index in [2.05, 4.69) is 10.2 Å². The molecule has 0 aliphatic carbocycles. The molecule has 7 nitrogen and oxygen atoms in total. The van der Waals surface area contributed by atoms with E-state index in [4.69, 9.17) is 4.74 Å². The van der Waals surface area contributed by atoms with Crippen molar-refractivity contribution in [3.8, 4) is 0 Å². The number of benzene rings is 1. The molecule has 3 rings (SSSR count). The summed E-state index contributed by atoms with van der Waals surface area (Å²) >= 11 is 1.30. The number of aromatic nitrogens is 3. The molecule has 1 atom stereocenters. The van der Waals surface area contributed by atoms with Crippen molar-refractivity contribution in [1.82, 2.24) is 19.7 Å². The van der Waals surface area contributed by atoms with Crippen LogP contribution in [-0.2, 0) is 34.3 Å². The van der Waals surface area contributed by atoms with E-state index in [1.807, 2.05) is 31.3 Å². The minimum absolute atomic E-state index is 0.118. The first kappa shape index (κ1) is 16.5. The molecular formula is C16H18N4O3S. The van der Waals surface area contributed by atoms with Crippen LogP contribution < -0.4 is 0 Å². The maximum atomic E-state index is 12.7. The lowest BCUT2D eigenvalue weighted by Gasteiger charge is -2.35. The lowest BCUT2D eigenvalue weighted by molar-refractivity contribution is -0.153. The monoisotopic (exact) mass is 346 g/mol. The lowest BCUT2D eigenvalue weighted by Crippen LogP contribution is -2.49. The predicted octanol–water partition coefficient (Wildman–Crippen LogP) is 1.03. The maximum Gasteiger partial charge on any atom is 0.328 e. The Morgan fingerprint density at radius 3 is 2.75 bits per heavy atom. The summed E-state index contributed by atoms with van der Waals surface area (Å²) in [7, 11) is 3.17. The normalized spacial score (nSPS) is 16.6. The smallest absolute Gasteiger partial charge is 0.328 e. The van der Waals surface area contributed by atoms with Crippen LogP contribution in [0.3, 0.4) is 0 Å². The zero-order chi connectivity index (χ0) is 17.1. The van der Waals surface area contributed by atoms with Crippen LogP contribution in [0, 0.1) is 0 Å². The molecule has 0 bridgehead atoms. The molecule has 0 fully saturated rings. The topological polar surface area (TPSA) is 77.3 Å². The summed E-state index contributed by atoms with van der Waals surface area (Å²) in [5, 5.41) is 8.41. The highest BCUT2D eigenvalue weighted by molar-refractivity contribution is 7.99. The number of hydrogen-bond donors (Lipinski definition) is 0. The van der Waals surface area contributed by atoms with Crippen LogP contribution in [-0.4, -0.2) is 50.4 Å². The first-order valence-corrected chi connectivity index (χ1v) is 8.49. The molecule has 2 aromatic rings. The van der Waals surface area contributed by atoms with Crippen molar-refractivity contribution in [3.63, 3.8) is 0 Å². The second kappa shape index (κ2) is 7.04. The fraction of sp³-hybridized carbons (Fsp3) is 0.375. The van der Waals surface area contributed by atoms with Gasteiger partial charge in [0.15, 0.2) is 5.16 Å². The van der Waals surface area contributed by atoms with Gasteiger partial charge in [-0.1, -0.05) is 36.0 Å². The van der Waals surface area contributed by atoms with Gasteiger partial charge in [0.2, 0.25) is 5.91 Å². The molecule has 0 saturated heterocycles. The van der Waals surface area contributed by atoms with Crippen LogP contribution in [0.15, 0.2) is 35.7 Å².